The van der Waals surface area contributed by atoms with Crippen molar-refractivity contribution in [1.29, 1.82) is 0 Å². The third kappa shape index (κ3) is 5.26. The maximum Gasteiger partial charge on any atom is 0.208 e. The number of aliphatic hydroxyl groups is 1. The number of likely N-dealkylation sites (N-methyl/N-ethyl adjacent to an activating group) is 1. The van der Waals surface area contributed by atoms with Crippen molar-refractivity contribution in [1.82, 2.24) is 9.88 Å². The average molecular weight is 304 g/mol. The van der Waals surface area contributed by atoms with Crippen LogP contribution >= 0.6 is 0 Å². The number of benzene rings is 1. The van der Waals surface area contributed by atoms with Gasteiger partial charge in [0.15, 0.2) is 0 Å². The molecule has 0 aliphatic heterocycles. The number of ether oxygens (including phenoxy) is 1. The zero-order valence-corrected chi connectivity index (χ0v) is 13.5. The second-order valence-corrected chi connectivity index (χ2v) is 5.60. The van der Waals surface area contributed by atoms with Crippen LogP contribution in [0.25, 0.3) is 0 Å². The molecule has 2 aromatic rings. The van der Waals surface area contributed by atoms with Crippen LogP contribution in [-0.2, 0) is 17.9 Å². The number of oxazole rings is 1. The molecule has 0 spiro atoms. The normalized spacial score (nSPS) is 12.8. The van der Waals surface area contributed by atoms with Crippen LogP contribution in [0.15, 0.2) is 34.7 Å². The number of nitrogens with zero attached hydrogens (tertiary/aromatic N) is 2. The lowest BCUT2D eigenvalue weighted by Gasteiger charge is -2.19. The standard InChI is InChI=1S/C17H24N2O3/c1-13-14(2)22-17(18-13)10-19(3)9-16(20)12-21-11-15-7-5-4-6-8-15/h4-8,16,20H,9-12H2,1-3H3/t16-/m0/s1. The lowest BCUT2D eigenvalue weighted by atomic mass is 10.2. The maximum absolute atomic E-state index is 10.0. The largest absolute Gasteiger partial charge is 0.444 e. The number of aromatic nitrogens is 1. The summed E-state index contributed by atoms with van der Waals surface area (Å²) in [6.45, 7) is 5.73. The summed E-state index contributed by atoms with van der Waals surface area (Å²) in [5, 5.41) is 10.0. The van der Waals surface area contributed by atoms with Crippen LogP contribution in [0, 0.1) is 13.8 Å². The molecule has 0 saturated carbocycles. The molecule has 1 aromatic carbocycles. The third-order valence-electron chi connectivity index (χ3n) is 3.42. The van der Waals surface area contributed by atoms with E-state index in [1.165, 1.54) is 0 Å². The van der Waals surface area contributed by atoms with Gasteiger partial charge in [-0.25, -0.2) is 4.98 Å². The highest BCUT2D eigenvalue weighted by molar-refractivity contribution is 5.13. The molecule has 22 heavy (non-hydrogen) atoms. The summed E-state index contributed by atoms with van der Waals surface area (Å²) in [4.78, 5) is 6.31. The fraction of sp³-hybridized carbons (Fsp3) is 0.471. The van der Waals surface area contributed by atoms with Crippen LogP contribution in [-0.4, -0.2) is 41.3 Å². The van der Waals surface area contributed by atoms with Gasteiger partial charge in [0.25, 0.3) is 0 Å². The summed E-state index contributed by atoms with van der Waals surface area (Å²) in [6.07, 6.45) is -0.536. The van der Waals surface area contributed by atoms with Crippen molar-refractivity contribution >= 4 is 0 Å². The number of hydrogen-bond donors (Lipinski definition) is 1. The Labute approximate surface area is 131 Å². The average Bonchev–Trinajstić information content (AvgIpc) is 2.78. The number of aryl methyl sites for hydroxylation is 2. The predicted molar refractivity (Wildman–Crippen MR) is 84.4 cm³/mol. The fourth-order valence-corrected chi connectivity index (χ4v) is 2.20. The monoisotopic (exact) mass is 304 g/mol. The predicted octanol–water partition coefficient (Wildman–Crippen LogP) is 2.30. The Kier molecular flexibility index (Phi) is 6.12. The van der Waals surface area contributed by atoms with E-state index in [4.69, 9.17) is 9.15 Å². The van der Waals surface area contributed by atoms with E-state index in [1.807, 2.05) is 56.1 Å². The van der Waals surface area contributed by atoms with Gasteiger partial charge < -0.3 is 14.3 Å². The van der Waals surface area contributed by atoms with Crippen LogP contribution in [0.2, 0.25) is 0 Å². The van der Waals surface area contributed by atoms with Crippen molar-refractivity contribution in [2.75, 3.05) is 20.2 Å². The van der Waals surface area contributed by atoms with E-state index in [1.54, 1.807) is 0 Å². The molecule has 0 aliphatic carbocycles. The highest BCUT2D eigenvalue weighted by atomic mass is 16.5. The Morgan fingerprint density at radius 1 is 1.27 bits per heavy atom. The second-order valence-electron chi connectivity index (χ2n) is 5.60. The lowest BCUT2D eigenvalue weighted by molar-refractivity contribution is 0.0117. The Hall–Kier alpha value is -1.69. The lowest BCUT2D eigenvalue weighted by Crippen LogP contribution is -2.32. The molecule has 1 atom stereocenters. The van der Waals surface area contributed by atoms with Crippen molar-refractivity contribution in [3.8, 4) is 0 Å². The van der Waals surface area contributed by atoms with Gasteiger partial charge in [0.05, 0.1) is 31.6 Å². The first kappa shape index (κ1) is 16.7. The summed E-state index contributed by atoms with van der Waals surface area (Å²) in [5.74, 6) is 1.52. The van der Waals surface area contributed by atoms with Gasteiger partial charge in [-0.15, -0.1) is 0 Å². The molecule has 5 heteroatoms. The first-order valence-electron chi connectivity index (χ1n) is 7.45. The Bertz CT molecular complexity index is 549. The van der Waals surface area contributed by atoms with Gasteiger partial charge in [0.1, 0.15) is 5.76 Å². The Morgan fingerprint density at radius 2 is 2.00 bits per heavy atom. The highest BCUT2D eigenvalue weighted by Gasteiger charge is 2.12. The summed E-state index contributed by atoms with van der Waals surface area (Å²) < 4.78 is 11.1. The van der Waals surface area contributed by atoms with Gasteiger partial charge in [0.2, 0.25) is 5.89 Å². The van der Waals surface area contributed by atoms with Crippen molar-refractivity contribution in [3.63, 3.8) is 0 Å². The molecule has 0 amide bonds. The SMILES string of the molecule is Cc1nc(CN(C)C[C@H](O)COCc2ccccc2)oc1C. The molecule has 0 radical (unpaired) electrons. The van der Waals surface area contributed by atoms with Crippen LogP contribution in [0.3, 0.4) is 0 Å². The van der Waals surface area contributed by atoms with E-state index in [0.717, 1.165) is 17.0 Å². The Balaban J connectivity index is 1.68. The van der Waals surface area contributed by atoms with Crippen molar-refractivity contribution < 1.29 is 14.3 Å². The van der Waals surface area contributed by atoms with Crippen molar-refractivity contribution in [2.45, 2.75) is 33.1 Å². The van der Waals surface area contributed by atoms with Crippen LogP contribution < -0.4 is 0 Å². The number of aliphatic hydroxyl groups excluding tert-OH is 1. The van der Waals surface area contributed by atoms with Crippen molar-refractivity contribution in [3.05, 3.63) is 53.2 Å². The van der Waals surface area contributed by atoms with E-state index >= 15 is 0 Å². The van der Waals surface area contributed by atoms with Gasteiger partial charge in [0, 0.05) is 6.54 Å². The van der Waals surface area contributed by atoms with Crippen LogP contribution in [0.4, 0.5) is 0 Å². The molecule has 1 heterocycles. The summed E-state index contributed by atoms with van der Waals surface area (Å²) in [7, 11) is 1.93. The zero-order chi connectivity index (χ0) is 15.9. The van der Waals surface area contributed by atoms with E-state index < -0.39 is 6.10 Å². The first-order chi connectivity index (χ1) is 10.5. The molecule has 0 fully saturated rings. The smallest absolute Gasteiger partial charge is 0.208 e. The quantitative estimate of drug-likeness (QED) is 0.811. The number of hydrogen-bond acceptors (Lipinski definition) is 5. The summed E-state index contributed by atoms with van der Waals surface area (Å²) >= 11 is 0. The maximum atomic E-state index is 10.0. The molecule has 0 bridgehead atoms. The molecule has 1 N–H and O–H groups in total. The second kappa shape index (κ2) is 8.08. The van der Waals surface area contributed by atoms with Crippen molar-refractivity contribution in [2.24, 2.45) is 0 Å². The third-order valence-corrected chi connectivity index (χ3v) is 3.42. The van der Waals surface area contributed by atoms with Crippen LogP contribution in [0.5, 0.6) is 0 Å². The topological polar surface area (TPSA) is 58.7 Å². The molecule has 5 nitrogen and oxygen atoms in total. The molecular weight excluding hydrogens is 280 g/mol. The van der Waals surface area contributed by atoms with E-state index in [2.05, 4.69) is 4.98 Å². The molecule has 0 aliphatic rings. The minimum Gasteiger partial charge on any atom is -0.444 e. The minimum atomic E-state index is -0.536. The van der Waals surface area contributed by atoms with Crippen LogP contribution in [0.1, 0.15) is 22.9 Å². The van der Waals surface area contributed by atoms with Gasteiger partial charge in [-0.2, -0.15) is 0 Å². The van der Waals surface area contributed by atoms with E-state index in [-0.39, 0.29) is 0 Å². The molecule has 2 rings (SSSR count). The number of rotatable bonds is 8. The van der Waals surface area contributed by atoms with Gasteiger partial charge in [-0.3, -0.25) is 4.90 Å². The molecule has 120 valence electrons. The first-order valence-corrected chi connectivity index (χ1v) is 7.45. The van der Waals surface area contributed by atoms with Gasteiger partial charge >= 0.3 is 0 Å². The molecule has 0 saturated heterocycles. The molecular formula is C17H24N2O3. The van der Waals surface area contributed by atoms with Gasteiger partial charge in [-0.1, -0.05) is 30.3 Å². The zero-order valence-electron chi connectivity index (χ0n) is 13.5. The van der Waals surface area contributed by atoms with E-state index in [9.17, 15) is 5.11 Å². The fourth-order valence-electron chi connectivity index (χ4n) is 2.20. The molecule has 1 aromatic heterocycles. The Morgan fingerprint density at radius 3 is 2.64 bits per heavy atom. The van der Waals surface area contributed by atoms with E-state index in [0.29, 0.717) is 32.2 Å². The molecule has 0 unspecified atom stereocenters. The minimum absolute atomic E-state index is 0.308. The van der Waals surface area contributed by atoms with Gasteiger partial charge in [-0.05, 0) is 26.5 Å². The summed E-state index contributed by atoms with van der Waals surface area (Å²) in [6, 6.07) is 9.93. The highest BCUT2D eigenvalue weighted by Crippen LogP contribution is 2.10. The summed E-state index contributed by atoms with van der Waals surface area (Å²) in [5.41, 5.74) is 2.02.